The fraction of sp³-hybridized carbons (Fsp3) is 0.231. The summed E-state index contributed by atoms with van der Waals surface area (Å²) in [4.78, 5) is 0. The molecule has 2 aromatic rings. The molecule has 1 unspecified atom stereocenters. The molecule has 1 aromatic heterocycles. The normalized spacial score (nSPS) is 12.6. The maximum atomic E-state index is 6.10. The zero-order valence-corrected chi connectivity index (χ0v) is 11.7. The van der Waals surface area contributed by atoms with Gasteiger partial charge in [0.2, 0.25) is 0 Å². The minimum absolute atomic E-state index is 0.273. The molecule has 0 spiro atoms. The van der Waals surface area contributed by atoms with Gasteiger partial charge >= 0.3 is 0 Å². The fourth-order valence-electron chi connectivity index (χ4n) is 1.57. The Hall–Kier alpha value is -0.540. The highest BCUT2D eigenvalue weighted by Crippen LogP contribution is 2.25. The van der Waals surface area contributed by atoms with Gasteiger partial charge in [-0.3, -0.25) is 0 Å². The molecule has 0 saturated heterocycles. The summed E-state index contributed by atoms with van der Waals surface area (Å²) >= 11 is 13.6. The van der Waals surface area contributed by atoms with Crippen molar-refractivity contribution in [1.29, 1.82) is 0 Å². The Morgan fingerprint density at radius 2 is 2.06 bits per heavy atom. The Bertz CT molecular complexity index is 496. The van der Waals surface area contributed by atoms with Gasteiger partial charge in [0.1, 0.15) is 0 Å². The molecule has 90 valence electrons. The van der Waals surface area contributed by atoms with Gasteiger partial charge in [-0.25, -0.2) is 0 Å². The van der Waals surface area contributed by atoms with Gasteiger partial charge in [-0.1, -0.05) is 41.4 Å². The lowest BCUT2D eigenvalue weighted by molar-refractivity contribution is 0.576. The van der Waals surface area contributed by atoms with Crippen molar-refractivity contribution in [2.24, 2.45) is 0 Å². The molecule has 1 heterocycles. The standard InChI is InChI=1S/C13H13Cl2NS/c1-9(11-6-13(15)17-8-11)16-7-10-4-2-3-5-12(10)14/h2-6,8-9,16H,7H2,1H3. The van der Waals surface area contributed by atoms with E-state index in [4.69, 9.17) is 23.2 Å². The molecule has 0 fully saturated rings. The summed E-state index contributed by atoms with van der Waals surface area (Å²) in [6.45, 7) is 2.88. The third-order valence-corrected chi connectivity index (χ3v) is 4.12. The third kappa shape index (κ3) is 3.46. The molecule has 1 atom stereocenters. The maximum Gasteiger partial charge on any atom is 0.0931 e. The summed E-state index contributed by atoms with van der Waals surface area (Å²) in [6.07, 6.45) is 0. The van der Waals surface area contributed by atoms with E-state index in [1.54, 1.807) is 11.3 Å². The zero-order valence-electron chi connectivity index (χ0n) is 9.41. The van der Waals surface area contributed by atoms with Gasteiger partial charge in [0, 0.05) is 17.6 Å². The van der Waals surface area contributed by atoms with Crippen LogP contribution in [0.15, 0.2) is 35.7 Å². The first kappa shape index (κ1) is 12.9. The number of benzene rings is 1. The average molecular weight is 286 g/mol. The summed E-state index contributed by atoms with van der Waals surface area (Å²) in [5, 5.41) is 6.31. The molecule has 0 saturated carbocycles. The van der Waals surface area contributed by atoms with Gasteiger partial charge in [-0.15, -0.1) is 11.3 Å². The lowest BCUT2D eigenvalue weighted by atomic mass is 10.1. The Labute approximate surface area is 115 Å². The lowest BCUT2D eigenvalue weighted by Gasteiger charge is -2.13. The molecule has 0 bridgehead atoms. The smallest absolute Gasteiger partial charge is 0.0931 e. The molecule has 1 N–H and O–H groups in total. The molecule has 2 rings (SSSR count). The fourth-order valence-corrected chi connectivity index (χ4v) is 2.76. The lowest BCUT2D eigenvalue weighted by Crippen LogP contribution is -2.17. The minimum Gasteiger partial charge on any atom is -0.306 e. The Morgan fingerprint density at radius 3 is 2.71 bits per heavy atom. The summed E-state index contributed by atoms with van der Waals surface area (Å²) in [6, 6.07) is 10.1. The Balaban J connectivity index is 1.97. The van der Waals surface area contributed by atoms with Gasteiger partial charge < -0.3 is 5.32 Å². The Kier molecular flexibility index (Phi) is 4.46. The number of halogens is 2. The van der Waals surface area contributed by atoms with Crippen LogP contribution in [0.2, 0.25) is 9.36 Å². The molecule has 0 aliphatic rings. The van der Waals surface area contributed by atoms with Gasteiger partial charge in [0.15, 0.2) is 0 Å². The van der Waals surface area contributed by atoms with E-state index >= 15 is 0 Å². The number of hydrogen-bond donors (Lipinski definition) is 1. The van der Waals surface area contributed by atoms with Crippen molar-refractivity contribution in [2.75, 3.05) is 0 Å². The van der Waals surface area contributed by atoms with Gasteiger partial charge in [-0.05, 0) is 35.6 Å². The third-order valence-electron chi connectivity index (χ3n) is 2.64. The van der Waals surface area contributed by atoms with Crippen molar-refractivity contribution >= 4 is 34.5 Å². The van der Waals surface area contributed by atoms with Crippen molar-refractivity contribution in [1.82, 2.24) is 5.32 Å². The topological polar surface area (TPSA) is 12.0 Å². The number of hydrogen-bond acceptors (Lipinski definition) is 2. The highest BCUT2D eigenvalue weighted by molar-refractivity contribution is 7.14. The first-order chi connectivity index (χ1) is 8.16. The predicted molar refractivity (Wildman–Crippen MR) is 76.0 cm³/mol. The second kappa shape index (κ2) is 5.87. The van der Waals surface area contributed by atoms with Crippen molar-refractivity contribution in [3.8, 4) is 0 Å². The van der Waals surface area contributed by atoms with E-state index in [0.717, 1.165) is 21.5 Å². The van der Waals surface area contributed by atoms with E-state index in [9.17, 15) is 0 Å². The van der Waals surface area contributed by atoms with Crippen molar-refractivity contribution < 1.29 is 0 Å². The second-order valence-electron chi connectivity index (χ2n) is 3.88. The van der Waals surface area contributed by atoms with Crippen LogP contribution in [-0.4, -0.2) is 0 Å². The second-order valence-corrected chi connectivity index (χ2v) is 5.83. The first-order valence-electron chi connectivity index (χ1n) is 5.37. The molecule has 0 radical (unpaired) electrons. The van der Waals surface area contributed by atoms with E-state index in [1.165, 1.54) is 5.56 Å². The molecule has 1 aromatic carbocycles. The molecule has 0 aliphatic heterocycles. The first-order valence-corrected chi connectivity index (χ1v) is 7.01. The molecule has 0 aliphatic carbocycles. The highest BCUT2D eigenvalue weighted by Gasteiger charge is 2.07. The molecule has 17 heavy (non-hydrogen) atoms. The molecule has 4 heteroatoms. The summed E-state index contributed by atoms with van der Waals surface area (Å²) in [5.74, 6) is 0. The van der Waals surface area contributed by atoms with E-state index in [0.29, 0.717) is 0 Å². The van der Waals surface area contributed by atoms with Crippen LogP contribution in [0.1, 0.15) is 24.1 Å². The summed E-state index contributed by atoms with van der Waals surface area (Å²) in [5.41, 5.74) is 2.33. The van der Waals surface area contributed by atoms with Gasteiger partial charge in [0.25, 0.3) is 0 Å². The van der Waals surface area contributed by atoms with Gasteiger partial charge in [0.05, 0.1) is 4.34 Å². The molecule has 1 nitrogen and oxygen atoms in total. The number of thiophene rings is 1. The van der Waals surface area contributed by atoms with Crippen LogP contribution < -0.4 is 5.32 Å². The van der Waals surface area contributed by atoms with Crippen molar-refractivity contribution in [3.63, 3.8) is 0 Å². The summed E-state index contributed by atoms with van der Waals surface area (Å²) < 4.78 is 0.825. The van der Waals surface area contributed by atoms with Crippen molar-refractivity contribution in [3.05, 3.63) is 56.2 Å². The van der Waals surface area contributed by atoms with E-state index in [-0.39, 0.29) is 6.04 Å². The largest absolute Gasteiger partial charge is 0.306 e. The summed E-state index contributed by atoms with van der Waals surface area (Å²) in [7, 11) is 0. The zero-order chi connectivity index (χ0) is 12.3. The van der Waals surface area contributed by atoms with Crippen LogP contribution in [0.3, 0.4) is 0 Å². The van der Waals surface area contributed by atoms with Crippen LogP contribution in [0.4, 0.5) is 0 Å². The molecular formula is C13H13Cl2NS. The quantitative estimate of drug-likeness (QED) is 0.842. The monoisotopic (exact) mass is 285 g/mol. The minimum atomic E-state index is 0.273. The SMILES string of the molecule is CC(NCc1ccccc1Cl)c1csc(Cl)c1. The van der Waals surface area contributed by atoms with E-state index in [2.05, 4.69) is 17.6 Å². The maximum absolute atomic E-state index is 6.10. The van der Waals surface area contributed by atoms with Crippen LogP contribution in [-0.2, 0) is 6.54 Å². The number of rotatable bonds is 4. The number of nitrogens with one attached hydrogen (secondary N) is 1. The van der Waals surface area contributed by atoms with Gasteiger partial charge in [-0.2, -0.15) is 0 Å². The van der Waals surface area contributed by atoms with Crippen molar-refractivity contribution in [2.45, 2.75) is 19.5 Å². The molecular weight excluding hydrogens is 273 g/mol. The highest BCUT2D eigenvalue weighted by atomic mass is 35.5. The van der Waals surface area contributed by atoms with Crippen LogP contribution in [0.5, 0.6) is 0 Å². The van der Waals surface area contributed by atoms with E-state index < -0.39 is 0 Å². The van der Waals surface area contributed by atoms with E-state index in [1.807, 2.05) is 30.3 Å². The molecule has 0 amide bonds. The van der Waals surface area contributed by atoms with Crippen LogP contribution in [0, 0.1) is 0 Å². The average Bonchev–Trinajstić information content (AvgIpc) is 2.74. The van der Waals surface area contributed by atoms with Crippen LogP contribution in [0.25, 0.3) is 0 Å². The predicted octanol–water partition coefficient (Wildman–Crippen LogP) is 4.91. The Morgan fingerprint density at radius 1 is 1.29 bits per heavy atom. The van der Waals surface area contributed by atoms with Crippen LogP contribution >= 0.6 is 34.5 Å².